The van der Waals surface area contributed by atoms with Crippen LogP contribution in [0.15, 0.2) is 207 Å². The number of phosphoric acid groups is 2. The van der Waals surface area contributed by atoms with Crippen LogP contribution in [0.3, 0.4) is 0 Å². The maximum Gasteiger partial charge on any atom is 0.472 e. The summed E-state index contributed by atoms with van der Waals surface area (Å²) in [5.41, 5.74) is 0. The van der Waals surface area contributed by atoms with Crippen LogP contribution >= 0.6 is 15.6 Å². The number of unbranched alkanes of at least 4 members (excludes halogenated alkanes) is 13. The number of hydrogen-bond donors (Lipinski definition) is 3. The van der Waals surface area contributed by atoms with Crippen molar-refractivity contribution < 1.29 is 80.2 Å². The Bertz CT molecular complexity index is 2860. The molecule has 5 atom stereocenters. The Hall–Kier alpha value is -6.36. The van der Waals surface area contributed by atoms with Crippen molar-refractivity contribution in [2.45, 2.75) is 290 Å². The molecule has 0 bridgehead atoms. The van der Waals surface area contributed by atoms with Crippen molar-refractivity contribution in [1.82, 2.24) is 0 Å². The first-order chi connectivity index (χ1) is 52.7. The van der Waals surface area contributed by atoms with Gasteiger partial charge in [0.1, 0.15) is 19.3 Å². The molecule has 0 aromatic carbocycles. The lowest BCUT2D eigenvalue weighted by Crippen LogP contribution is -2.30. The molecule has 0 aliphatic heterocycles. The van der Waals surface area contributed by atoms with E-state index in [0.717, 1.165) is 161 Å². The number of carbonyl (C=O) groups excluding carboxylic acids is 4. The maximum absolute atomic E-state index is 13.1. The molecule has 19 heteroatoms. The number of carbonyl (C=O) groups is 4. The number of esters is 4. The quantitative estimate of drug-likeness (QED) is 0.0169. The molecule has 5 unspecified atom stereocenters. The van der Waals surface area contributed by atoms with Crippen molar-refractivity contribution in [3.05, 3.63) is 207 Å². The van der Waals surface area contributed by atoms with Gasteiger partial charge >= 0.3 is 39.5 Å². The zero-order chi connectivity index (χ0) is 78.9. The second kappa shape index (κ2) is 78.8. The van der Waals surface area contributed by atoms with Crippen molar-refractivity contribution in [3.63, 3.8) is 0 Å². The van der Waals surface area contributed by atoms with Crippen molar-refractivity contribution in [2.75, 3.05) is 39.6 Å². The third kappa shape index (κ3) is 77.8. The highest BCUT2D eigenvalue weighted by molar-refractivity contribution is 7.47. The highest BCUT2D eigenvalue weighted by Crippen LogP contribution is 2.45. The summed E-state index contributed by atoms with van der Waals surface area (Å²) in [7, 11) is -10.0. The average Bonchev–Trinajstić information content (AvgIpc) is 0.901. The number of phosphoric ester groups is 2. The minimum absolute atomic E-state index is 0.0235. The van der Waals surface area contributed by atoms with Gasteiger partial charge in [0.2, 0.25) is 0 Å². The van der Waals surface area contributed by atoms with Gasteiger partial charge in [-0.2, -0.15) is 0 Å². The van der Waals surface area contributed by atoms with Crippen molar-refractivity contribution in [2.24, 2.45) is 0 Å². The van der Waals surface area contributed by atoms with Crippen molar-refractivity contribution in [1.29, 1.82) is 0 Å². The van der Waals surface area contributed by atoms with Crippen LogP contribution in [0.1, 0.15) is 272 Å². The molecule has 17 nitrogen and oxygen atoms in total. The fourth-order valence-electron chi connectivity index (χ4n) is 9.71. The van der Waals surface area contributed by atoms with Gasteiger partial charge < -0.3 is 33.8 Å². The average molecular weight is 1540 g/mol. The van der Waals surface area contributed by atoms with Gasteiger partial charge in [-0.05, 0) is 173 Å². The van der Waals surface area contributed by atoms with Gasteiger partial charge in [-0.25, -0.2) is 9.13 Å². The van der Waals surface area contributed by atoms with Crippen LogP contribution < -0.4 is 0 Å². The molecular weight excluding hydrogens is 1400 g/mol. The van der Waals surface area contributed by atoms with E-state index in [1.807, 2.05) is 30.4 Å². The SMILES string of the molecule is CC/C=C\C/C=C\C/C=C\C/C=C\C/C=C\C/C=C\CCC(=O)OCC(COP(=O)(O)OCC(O)COP(=O)(O)OCC(COC(=O)CCC/C=C\C/C=C\C/C=C\C/C=C\C/C=C\CC)OC(=O)CCCCCC/C=C\C/C=C\C/C=C\C/C=C\CC)OC(=O)CCCCCCC/C=C\C/C=C\CCCCC. The molecule has 0 aliphatic carbocycles. The van der Waals surface area contributed by atoms with E-state index in [9.17, 15) is 43.2 Å². The Balaban J connectivity index is 5.55. The minimum atomic E-state index is -5.02. The molecular formula is C89H140O17P2. The molecule has 0 aliphatic rings. The summed E-state index contributed by atoms with van der Waals surface area (Å²) in [6.45, 7) is 4.28. The lowest BCUT2D eigenvalue weighted by molar-refractivity contribution is -0.161. The molecule has 0 amide bonds. The molecule has 0 radical (unpaired) electrons. The van der Waals surface area contributed by atoms with Gasteiger partial charge in [-0.3, -0.25) is 37.3 Å². The zero-order valence-electron chi connectivity index (χ0n) is 66.4. The van der Waals surface area contributed by atoms with E-state index in [-0.39, 0.29) is 25.7 Å². The van der Waals surface area contributed by atoms with E-state index < -0.39 is 97.5 Å². The Morgan fingerprint density at radius 3 is 0.824 bits per heavy atom. The predicted octanol–water partition coefficient (Wildman–Crippen LogP) is 23.9. The number of allylic oxidation sites excluding steroid dienone is 34. The number of aliphatic hydroxyl groups is 1. The van der Waals surface area contributed by atoms with Crippen molar-refractivity contribution >= 4 is 39.5 Å². The van der Waals surface area contributed by atoms with Gasteiger partial charge in [-0.15, -0.1) is 0 Å². The second-order valence-corrected chi connectivity index (χ2v) is 28.8. The van der Waals surface area contributed by atoms with Gasteiger partial charge in [0.25, 0.3) is 0 Å². The smallest absolute Gasteiger partial charge is 0.462 e. The summed E-state index contributed by atoms with van der Waals surface area (Å²) in [5.74, 6) is -2.41. The van der Waals surface area contributed by atoms with Crippen LogP contribution in [-0.4, -0.2) is 96.7 Å². The van der Waals surface area contributed by atoms with Crippen molar-refractivity contribution in [3.8, 4) is 0 Å². The Kier molecular flexibility index (Phi) is 74.1. The van der Waals surface area contributed by atoms with E-state index >= 15 is 0 Å². The fourth-order valence-corrected chi connectivity index (χ4v) is 11.3. The molecule has 0 fully saturated rings. The van der Waals surface area contributed by atoms with Crippen LogP contribution in [0.2, 0.25) is 0 Å². The summed E-state index contributed by atoms with van der Waals surface area (Å²) in [5, 5.41) is 10.7. The molecule has 0 aromatic heterocycles. The standard InChI is InChI=1S/C89H140O17P2/c1-5-9-13-17-21-25-29-33-37-40-41-44-47-50-54-58-62-66-70-74-87(92)100-79-84(105-88(93)75-71-67-63-59-55-51-45-36-32-28-24-20-16-12-8-4)81-103-107(95,96)101-77-83(90)78-102-108(97,98)104-82-85(106-89(94)76-72-68-64-60-56-52-48-43-39-35-31-27-23-19-15-11-7-3)80-99-86(91)73-69-65-61-57-53-49-46-42-38-34-30-26-22-18-14-10-6-2/h9-11,13-15,21-28,33-39,41,44-46,48-50,52,54,57,61-62,66,83-85,90H,5-8,12,16-20,29-32,40,42-43,47,51,53,55-56,58-60,63-65,67-82H2,1-4H3,(H,95,96)(H,97,98)/b13-9-,14-10-,15-11-,25-21-,26-22-,27-23-,28-24-,37-33-,38-34-,39-35-,44-41-,45-36-,49-46-,52-48-,54-50-,61-57-,66-62-. The number of aliphatic hydroxyl groups excluding tert-OH is 1. The lowest BCUT2D eigenvalue weighted by Gasteiger charge is -2.21. The van der Waals surface area contributed by atoms with Crippen LogP contribution in [0.25, 0.3) is 0 Å². The van der Waals surface area contributed by atoms with Crippen LogP contribution in [0.4, 0.5) is 0 Å². The van der Waals surface area contributed by atoms with E-state index in [0.29, 0.717) is 38.5 Å². The Labute approximate surface area is 652 Å². The predicted molar refractivity (Wildman–Crippen MR) is 445 cm³/mol. The summed E-state index contributed by atoms with van der Waals surface area (Å²) >= 11 is 0. The lowest BCUT2D eigenvalue weighted by atomic mass is 10.1. The third-order valence-corrected chi connectivity index (χ3v) is 17.6. The highest BCUT2D eigenvalue weighted by Gasteiger charge is 2.30. The molecule has 3 N–H and O–H groups in total. The van der Waals surface area contributed by atoms with E-state index in [4.69, 9.17) is 37.0 Å². The molecule has 0 saturated carbocycles. The molecule has 608 valence electrons. The molecule has 0 rings (SSSR count). The first-order valence-electron chi connectivity index (χ1n) is 40.3. The first-order valence-corrected chi connectivity index (χ1v) is 43.3. The largest absolute Gasteiger partial charge is 0.472 e. The number of hydrogen-bond acceptors (Lipinski definition) is 15. The van der Waals surface area contributed by atoms with E-state index in [2.05, 4.69) is 204 Å². The Morgan fingerprint density at radius 2 is 0.509 bits per heavy atom. The zero-order valence-corrected chi connectivity index (χ0v) is 68.2. The topological polar surface area (TPSA) is 237 Å². The Morgan fingerprint density at radius 1 is 0.269 bits per heavy atom. The van der Waals surface area contributed by atoms with E-state index in [1.54, 1.807) is 0 Å². The van der Waals surface area contributed by atoms with Crippen LogP contribution in [-0.2, 0) is 65.4 Å². The van der Waals surface area contributed by atoms with Gasteiger partial charge in [-0.1, -0.05) is 279 Å². The van der Waals surface area contributed by atoms with Crippen LogP contribution in [0, 0.1) is 0 Å². The second-order valence-electron chi connectivity index (χ2n) is 25.9. The minimum Gasteiger partial charge on any atom is -0.462 e. The number of ether oxygens (including phenoxy) is 4. The third-order valence-electron chi connectivity index (χ3n) is 15.7. The summed E-state index contributed by atoms with van der Waals surface area (Å²) < 4.78 is 68.5. The maximum atomic E-state index is 13.1. The van der Waals surface area contributed by atoms with Gasteiger partial charge in [0, 0.05) is 25.7 Å². The fraction of sp³-hybridized carbons (Fsp3) is 0.573. The first kappa shape index (κ1) is 102. The highest BCUT2D eigenvalue weighted by atomic mass is 31.2. The van der Waals surface area contributed by atoms with E-state index in [1.165, 1.54) is 19.3 Å². The number of rotatable bonds is 73. The monoisotopic (exact) mass is 1540 g/mol. The summed E-state index contributed by atoms with van der Waals surface area (Å²) in [6.07, 6.45) is 98.2. The molecule has 0 aromatic rings. The molecule has 108 heavy (non-hydrogen) atoms. The van der Waals surface area contributed by atoms with Gasteiger partial charge in [0.05, 0.1) is 26.4 Å². The van der Waals surface area contributed by atoms with Crippen LogP contribution in [0.5, 0.6) is 0 Å². The molecule has 0 saturated heterocycles. The molecule has 0 spiro atoms. The van der Waals surface area contributed by atoms with Gasteiger partial charge in [0.15, 0.2) is 12.2 Å². The summed E-state index contributed by atoms with van der Waals surface area (Å²) in [4.78, 5) is 73.1. The normalized spacial score (nSPS) is 14.9. The molecule has 0 heterocycles. The summed E-state index contributed by atoms with van der Waals surface area (Å²) in [6, 6.07) is 0.